The van der Waals surface area contributed by atoms with Crippen molar-refractivity contribution in [3.63, 3.8) is 0 Å². The molecule has 0 aliphatic carbocycles. The maximum atomic E-state index is 13.4. The Morgan fingerprint density at radius 2 is 1.45 bits per heavy atom. The summed E-state index contributed by atoms with van der Waals surface area (Å²) in [6, 6.07) is 13.2. The molecule has 0 bridgehead atoms. The van der Waals surface area contributed by atoms with Gasteiger partial charge in [-0.05, 0) is 61.2 Å². The lowest BCUT2D eigenvalue weighted by Gasteiger charge is -2.35. The summed E-state index contributed by atoms with van der Waals surface area (Å²) in [5, 5.41) is 2.99. The van der Waals surface area contributed by atoms with Crippen molar-refractivity contribution in [1.82, 2.24) is 15.1 Å². The van der Waals surface area contributed by atoms with Crippen LogP contribution in [0.4, 0.5) is 13.6 Å². The quantitative estimate of drug-likeness (QED) is 0.569. The van der Waals surface area contributed by atoms with Crippen molar-refractivity contribution in [2.75, 3.05) is 39.3 Å². The molecule has 0 unspecified atom stereocenters. The summed E-state index contributed by atoms with van der Waals surface area (Å²) in [5.41, 5.74) is 2.09. The highest BCUT2D eigenvalue weighted by atomic mass is 19.1. The van der Waals surface area contributed by atoms with Gasteiger partial charge in [0, 0.05) is 38.6 Å². The van der Waals surface area contributed by atoms with Gasteiger partial charge in [0.2, 0.25) is 0 Å². The molecule has 0 spiro atoms. The second-order valence-electron chi connectivity index (χ2n) is 8.21. The number of urea groups is 1. The smallest absolute Gasteiger partial charge is 0.317 e. The number of nitrogens with zero attached hydrogens (tertiary/aromatic N) is 2. The molecule has 1 N–H and O–H groups in total. The summed E-state index contributed by atoms with van der Waals surface area (Å²) in [6.45, 7) is 7.04. The third kappa shape index (κ3) is 7.03. The number of piperazine rings is 1. The van der Waals surface area contributed by atoms with Crippen molar-refractivity contribution < 1.29 is 13.6 Å². The van der Waals surface area contributed by atoms with Gasteiger partial charge in [0.15, 0.2) is 0 Å². The van der Waals surface area contributed by atoms with Crippen molar-refractivity contribution in [3.8, 4) is 0 Å². The van der Waals surface area contributed by atoms with E-state index in [-0.39, 0.29) is 23.6 Å². The Balaban J connectivity index is 1.50. The first-order valence-corrected chi connectivity index (χ1v) is 11.3. The molecule has 0 saturated carbocycles. The van der Waals surface area contributed by atoms with Gasteiger partial charge in [0.25, 0.3) is 0 Å². The molecule has 2 aromatic carbocycles. The molecule has 2 aromatic rings. The highest BCUT2D eigenvalue weighted by Gasteiger charge is 2.21. The molecular formula is C25H33F2N3O. The minimum absolute atomic E-state index is 0.0424. The van der Waals surface area contributed by atoms with Gasteiger partial charge in [-0.2, -0.15) is 0 Å². The van der Waals surface area contributed by atoms with Crippen molar-refractivity contribution in [2.45, 2.75) is 38.5 Å². The van der Waals surface area contributed by atoms with E-state index in [9.17, 15) is 13.6 Å². The van der Waals surface area contributed by atoms with Crippen LogP contribution >= 0.6 is 0 Å². The van der Waals surface area contributed by atoms with Crippen LogP contribution in [0.1, 0.15) is 49.7 Å². The Hall–Kier alpha value is -2.47. The van der Waals surface area contributed by atoms with Gasteiger partial charge in [-0.25, -0.2) is 13.6 Å². The first kappa shape index (κ1) is 23.2. The fourth-order valence-corrected chi connectivity index (χ4v) is 4.09. The number of carbonyl (C=O) groups excluding carboxylic acids is 1. The van der Waals surface area contributed by atoms with Crippen molar-refractivity contribution in [3.05, 3.63) is 71.3 Å². The average molecular weight is 430 g/mol. The first-order valence-electron chi connectivity index (χ1n) is 11.3. The molecule has 0 aromatic heterocycles. The first-order chi connectivity index (χ1) is 15.1. The van der Waals surface area contributed by atoms with E-state index in [1.165, 1.54) is 24.3 Å². The summed E-state index contributed by atoms with van der Waals surface area (Å²) >= 11 is 0. The highest BCUT2D eigenvalue weighted by molar-refractivity contribution is 5.74. The van der Waals surface area contributed by atoms with Crippen LogP contribution < -0.4 is 5.32 Å². The molecule has 31 heavy (non-hydrogen) atoms. The van der Waals surface area contributed by atoms with E-state index >= 15 is 0 Å². The molecule has 1 saturated heterocycles. The normalized spacial score (nSPS) is 14.8. The molecule has 1 fully saturated rings. The van der Waals surface area contributed by atoms with E-state index in [2.05, 4.69) is 17.1 Å². The number of carbonyl (C=O) groups is 1. The summed E-state index contributed by atoms with van der Waals surface area (Å²) < 4.78 is 26.8. The lowest BCUT2D eigenvalue weighted by atomic mass is 9.87. The zero-order chi connectivity index (χ0) is 22.1. The number of hydrogen-bond donors (Lipinski definition) is 1. The SMILES string of the molecule is CCCCNC(=O)N1CCN(CCCC(c2ccc(F)cc2)c2ccc(F)cc2)CC1. The fraction of sp³-hybridized carbons (Fsp3) is 0.480. The number of rotatable bonds is 9. The molecule has 3 rings (SSSR count). The van der Waals surface area contributed by atoms with E-state index in [1.807, 2.05) is 29.2 Å². The summed E-state index contributed by atoms with van der Waals surface area (Å²) in [5.74, 6) is -0.400. The molecule has 0 atom stereocenters. The standard InChI is InChI=1S/C25H33F2N3O/c1-2-3-14-28-25(31)30-18-16-29(17-19-30)15-4-5-24(20-6-10-22(26)11-7-20)21-8-12-23(27)13-9-21/h6-13,24H,2-5,14-19H2,1H3,(H,28,31). The van der Waals surface area contributed by atoms with Gasteiger partial charge < -0.3 is 10.2 Å². The summed E-state index contributed by atoms with van der Waals surface area (Å²) in [6.07, 6.45) is 3.96. The van der Waals surface area contributed by atoms with Crippen LogP contribution in [0.2, 0.25) is 0 Å². The van der Waals surface area contributed by atoms with Gasteiger partial charge in [-0.1, -0.05) is 37.6 Å². The van der Waals surface area contributed by atoms with Gasteiger partial charge in [0.05, 0.1) is 0 Å². The van der Waals surface area contributed by atoms with Crippen LogP contribution in [-0.4, -0.2) is 55.1 Å². The third-order valence-corrected chi connectivity index (χ3v) is 5.98. The molecule has 6 heteroatoms. The van der Waals surface area contributed by atoms with Gasteiger partial charge in [-0.3, -0.25) is 4.90 Å². The van der Waals surface area contributed by atoms with Crippen LogP contribution in [0.5, 0.6) is 0 Å². The Morgan fingerprint density at radius 3 is 1.97 bits per heavy atom. The summed E-state index contributed by atoms with van der Waals surface area (Å²) in [7, 11) is 0. The number of unbranched alkanes of at least 4 members (excludes halogenated alkanes) is 1. The fourth-order valence-electron chi connectivity index (χ4n) is 4.09. The minimum Gasteiger partial charge on any atom is -0.338 e. The molecule has 4 nitrogen and oxygen atoms in total. The molecule has 1 heterocycles. The molecule has 168 valence electrons. The van der Waals surface area contributed by atoms with Crippen LogP contribution in [0.15, 0.2) is 48.5 Å². The van der Waals surface area contributed by atoms with Crippen LogP contribution in [-0.2, 0) is 0 Å². The Morgan fingerprint density at radius 1 is 0.903 bits per heavy atom. The van der Waals surface area contributed by atoms with E-state index in [0.717, 1.165) is 76.1 Å². The highest BCUT2D eigenvalue weighted by Crippen LogP contribution is 2.30. The zero-order valence-corrected chi connectivity index (χ0v) is 18.3. The predicted molar refractivity (Wildman–Crippen MR) is 120 cm³/mol. The maximum Gasteiger partial charge on any atom is 0.317 e. The van der Waals surface area contributed by atoms with Crippen LogP contribution in [0.3, 0.4) is 0 Å². The van der Waals surface area contributed by atoms with Crippen LogP contribution in [0, 0.1) is 11.6 Å². The number of amides is 2. The second kappa shape index (κ2) is 11.8. The van der Waals surface area contributed by atoms with Crippen molar-refractivity contribution >= 4 is 6.03 Å². The Kier molecular flexibility index (Phi) is 8.83. The number of benzene rings is 2. The number of halogens is 2. The minimum atomic E-state index is -0.252. The Labute approximate surface area is 184 Å². The van der Waals surface area contributed by atoms with E-state index in [4.69, 9.17) is 0 Å². The largest absolute Gasteiger partial charge is 0.338 e. The molecule has 2 amide bonds. The van der Waals surface area contributed by atoms with E-state index in [1.54, 1.807) is 0 Å². The van der Waals surface area contributed by atoms with Crippen molar-refractivity contribution in [2.24, 2.45) is 0 Å². The lowest BCUT2D eigenvalue weighted by molar-refractivity contribution is 0.138. The lowest BCUT2D eigenvalue weighted by Crippen LogP contribution is -2.52. The molecule has 1 aliphatic heterocycles. The van der Waals surface area contributed by atoms with Gasteiger partial charge in [0.1, 0.15) is 11.6 Å². The van der Waals surface area contributed by atoms with Gasteiger partial charge in [-0.15, -0.1) is 0 Å². The van der Waals surface area contributed by atoms with Gasteiger partial charge >= 0.3 is 6.03 Å². The number of nitrogens with one attached hydrogen (secondary N) is 1. The molecular weight excluding hydrogens is 396 g/mol. The van der Waals surface area contributed by atoms with Crippen molar-refractivity contribution in [1.29, 1.82) is 0 Å². The zero-order valence-electron chi connectivity index (χ0n) is 18.3. The monoisotopic (exact) mass is 429 g/mol. The van der Waals surface area contributed by atoms with E-state index in [0.29, 0.717) is 0 Å². The predicted octanol–water partition coefficient (Wildman–Crippen LogP) is 5.00. The summed E-state index contributed by atoms with van der Waals surface area (Å²) in [4.78, 5) is 16.5. The van der Waals surface area contributed by atoms with E-state index < -0.39 is 0 Å². The Bertz CT molecular complexity index is 757. The maximum absolute atomic E-state index is 13.4. The number of hydrogen-bond acceptors (Lipinski definition) is 2. The molecule has 0 radical (unpaired) electrons. The average Bonchev–Trinajstić information content (AvgIpc) is 2.79. The van der Waals surface area contributed by atoms with Crippen LogP contribution in [0.25, 0.3) is 0 Å². The molecule has 1 aliphatic rings. The third-order valence-electron chi connectivity index (χ3n) is 5.98. The second-order valence-corrected chi connectivity index (χ2v) is 8.21. The topological polar surface area (TPSA) is 35.6 Å².